The zero-order valence-electron chi connectivity index (χ0n) is 10.5. The van der Waals surface area contributed by atoms with Crippen LogP contribution in [-0.4, -0.2) is 30.5 Å². The van der Waals surface area contributed by atoms with Crippen LogP contribution in [0.4, 0.5) is 13.9 Å². The minimum absolute atomic E-state index is 0.295. The maximum absolute atomic E-state index is 12.0. The van der Waals surface area contributed by atoms with E-state index in [2.05, 4.69) is 10.3 Å². The monoisotopic (exact) mass is 278 g/mol. The number of halogens is 2. The molecule has 0 aromatic carbocycles. The molecule has 0 atom stereocenters. The van der Waals surface area contributed by atoms with Crippen molar-refractivity contribution in [3.63, 3.8) is 0 Å². The summed E-state index contributed by atoms with van der Waals surface area (Å²) in [6.45, 7) is 4.95. The van der Waals surface area contributed by atoms with Crippen LogP contribution >= 0.6 is 11.3 Å². The van der Waals surface area contributed by atoms with Crippen LogP contribution in [0.3, 0.4) is 0 Å². The van der Waals surface area contributed by atoms with E-state index in [1.807, 2.05) is 0 Å². The van der Waals surface area contributed by atoms with Gasteiger partial charge in [0.2, 0.25) is 0 Å². The van der Waals surface area contributed by atoms with Gasteiger partial charge in [-0.2, -0.15) is 0 Å². The number of aromatic nitrogens is 1. The number of hydrogen-bond donors (Lipinski definition) is 1. The fraction of sp³-hybridized carbons (Fsp3) is 0.636. The summed E-state index contributed by atoms with van der Waals surface area (Å²) in [6.07, 6.45) is -2.43. The zero-order chi connectivity index (χ0) is 13.8. The molecule has 0 unspecified atom stereocenters. The van der Waals surface area contributed by atoms with Crippen LogP contribution in [0.5, 0.6) is 0 Å². The van der Waals surface area contributed by atoms with Crippen LogP contribution in [-0.2, 0) is 14.9 Å². The number of carbonyl (C=O) groups is 1. The van der Waals surface area contributed by atoms with Crippen molar-refractivity contribution < 1.29 is 18.3 Å². The molecule has 0 aliphatic rings. The fourth-order valence-electron chi connectivity index (χ4n) is 1.22. The van der Waals surface area contributed by atoms with Crippen molar-refractivity contribution >= 4 is 22.4 Å². The van der Waals surface area contributed by atoms with Crippen molar-refractivity contribution in [1.29, 1.82) is 0 Å². The minimum Gasteiger partial charge on any atom is -0.465 e. The van der Waals surface area contributed by atoms with E-state index in [4.69, 9.17) is 4.74 Å². The van der Waals surface area contributed by atoms with E-state index in [1.54, 1.807) is 26.2 Å². The highest BCUT2D eigenvalue weighted by Crippen LogP contribution is 2.28. The summed E-state index contributed by atoms with van der Waals surface area (Å²) in [7, 11) is 0. The Bertz CT molecular complexity index is 408. The molecule has 102 valence electrons. The van der Waals surface area contributed by atoms with E-state index >= 15 is 0 Å². The molecule has 18 heavy (non-hydrogen) atoms. The van der Waals surface area contributed by atoms with E-state index in [1.165, 1.54) is 11.3 Å². The number of thiazole rings is 1. The summed E-state index contributed by atoms with van der Waals surface area (Å²) < 4.78 is 29.0. The van der Waals surface area contributed by atoms with Crippen LogP contribution < -0.4 is 5.32 Å². The standard InChI is InChI=1S/C11H16F2N2O2S/c1-4-17-9(16)11(2,3)7-6-18-10(15-7)14-5-8(12)13/h6,8H,4-5H2,1-3H3,(H,14,15). The molecule has 1 aromatic heterocycles. The molecule has 0 amide bonds. The number of esters is 1. The molecule has 7 heteroatoms. The average Bonchev–Trinajstić information content (AvgIpc) is 2.75. The van der Waals surface area contributed by atoms with Gasteiger partial charge in [0.1, 0.15) is 5.41 Å². The van der Waals surface area contributed by atoms with E-state index in [0.29, 0.717) is 17.4 Å². The number of carbonyl (C=O) groups excluding carboxylic acids is 1. The van der Waals surface area contributed by atoms with Crippen LogP contribution in [0.15, 0.2) is 5.38 Å². The Hall–Kier alpha value is -1.24. The number of rotatable bonds is 6. The van der Waals surface area contributed by atoms with Gasteiger partial charge < -0.3 is 10.1 Å². The highest BCUT2D eigenvalue weighted by atomic mass is 32.1. The number of hydrogen-bond acceptors (Lipinski definition) is 5. The number of nitrogens with zero attached hydrogens (tertiary/aromatic N) is 1. The lowest BCUT2D eigenvalue weighted by atomic mass is 9.90. The molecule has 0 radical (unpaired) electrons. The van der Waals surface area contributed by atoms with Gasteiger partial charge in [0.15, 0.2) is 5.13 Å². The van der Waals surface area contributed by atoms with Gasteiger partial charge in [-0.3, -0.25) is 4.79 Å². The first-order chi connectivity index (χ1) is 8.37. The summed E-state index contributed by atoms with van der Waals surface area (Å²) in [5, 5.41) is 4.56. The third-order valence-electron chi connectivity index (χ3n) is 2.34. The highest BCUT2D eigenvalue weighted by Gasteiger charge is 2.33. The van der Waals surface area contributed by atoms with E-state index < -0.39 is 18.4 Å². The zero-order valence-corrected chi connectivity index (χ0v) is 11.3. The third kappa shape index (κ3) is 3.63. The molecule has 0 spiro atoms. The van der Waals surface area contributed by atoms with Gasteiger partial charge in [0, 0.05) is 5.38 Å². The van der Waals surface area contributed by atoms with Crippen molar-refractivity contribution in [2.24, 2.45) is 0 Å². The van der Waals surface area contributed by atoms with Crippen LogP contribution in [0.25, 0.3) is 0 Å². The van der Waals surface area contributed by atoms with Gasteiger partial charge >= 0.3 is 5.97 Å². The van der Waals surface area contributed by atoms with Crippen LogP contribution in [0.2, 0.25) is 0 Å². The normalized spacial score (nSPS) is 11.7. The first kappa shape index (κ1) is 14.8. The summed E-state index contributed by atoms with van der Waals surface area (Å²) >= 11 is 1.19. The van der Waals surface area contributed by atoms with Crippen molar-refractivity contribution in [3.8, 4) is 0 Å². The maximum atomic E-state index is 12.0. The Morgan fingerprint density at radius 3 is 2.83 bits per heavy atom. The largest absolute Gasteiger partial charge is 0.465 e. The fourth-order valence-corrected chi connectivity index (χ4v) is 2.11. The van der Waals surface area contributed by atoms with Gasteiger partial charge in [-0.1, -0.05) is 0 Å². The lowest BCUT2D eigenvalue weighted by Gasteiger charge is -2.19. The molecule has 0 saturated carbocycles. The molecule has 0 aliphatic carbocycles. The topological polar surface area (TPSA) is 51.2 Å². The lowest BCUT2D eigenvalue weighted by Crippen LogP contribution is -2.31. The number of alkyl halides is 2. The third-order valence-corrected chi connectivity index (χ3v) is 3.14. The smallest absolute Gasteiger partial charge is 0.317 e. The molecule has 1 rings (SSSR count). The average molecular weight is 278 g/mol. The molecule has 1 N–H and O–H groups in total. The number of nitrogens with one attached hydrogen (secondary N) is 1. The Balaban J connectivity index is 2.74. The molecule has 0 fully saturated rings. The van der Waals surface area contributed by atoms with Crippen LogP contribution in [0.1, 0.15) is 26.5 Å². The van der Waals surface area contributed by atoms with E-state index in [0.717, 1.165) is 0 Å². The predicted molar refractivity (Wildman–Crippen MR) is 66.3 cm³/mol. The quantitative estimate of drug-likeness (QED) is 0.813. The van der Waals surface area contributed by atoms with Gasteiger partial charge in [0.25, 0.3) is 6.43 Å². The molecule has 1 heterocycles. The first-order valence-corrected chi connectivity index (χ1v) is 6.41. The minimum atomic E-state index is -2.43. The molecular formula is C11H16F2N2O2S. The predicted octanol–water partition coefficient (Wildman–Crippen LogP) is 2.66. The second-order valence-corrected chi connectivity index (χ2v) is 5.01. The Labute approximate surface area is 108 Å². The second kappa shape index (κ2) is 6.08. The van der Waals surface area contributed by atoms with Gasteiger partial charge in [-0.25, -0.2) is 13.8 Å². The van der Waals surface area contributed by atoms with E-state index in [9.17, 15) is 13.6 Å². The molecule has 0 saturated heterocycles. The second-order valence-electron chi connectivity index (χ2n) is 4.16. The van der Waals surface area contributed by atoms with Gasteiger partial charge in [-0.15, -0.1) is 11.3 Å². The summed E-state index contributed by atoms with van der Waals surface area (Å²) in [5.41, 5.74) is -0.361. The first-order valence-electron chi connectivity index (χ1n) is 5.53. The Morgan fingerprint density at radius 2 is 2.28 bits per heavy atom. The van der Waals surface area contributed by atoms with Crippen LogP contribution in [0, 0.1) is 0 Å². The number of anilines is 1. The molecule has 4 nitrogen and oxygen atoms in total. The van der Waals surface area contributed by atoms with Gasteiger partial charge in [0.05, 0.1) is 18.8 Å². The van der Waals surface area contributed by atoms with E-state index in [-0.39, 0.29) is 5.97 Å². The highest BCUT2D eigenvalue weighted by molar-refractivity contribution is 7.13. The number of ether oxygens (including phenoxy) is 1. The van der Waals surface area contributed by atoms with Crippen molar-refractivity contribution in [1.82, 2.24) is 4.98 Å². The SMILES string of the molecule is CCOC(=O)C(C)(C)c1csc(NCC(F)F)n1. The molecule has 0 aliphatic heterocycles. The van der Waals surface area contributed by atoms with Crippen molar-refractivity contribution in [2.45, 2.75) is 32.6 Å². The molecule has 0 bridgehead atoms. The molecular weight excluding hydrogens is 262 g/mol. The lowest BCUT2D eigenvalue weighted by molar-refractivity contribution is -0.148. The Kier molecular flexibility index (Phi) is 5.01. The summed E-state index contributed by atoms with van der Waals surface area (Å²) in [4.78, 5) is 15.9. The Morgan fingerprint density at radius 1 is 1.61 bits per heavy atom. The summed E-state index contributed by atoms with van der Waals surface area (Å²) in [6, 6.07) is 0. The van der Waals surface area contributed by atoms with Crippen molar-refractivity contribution in [3.05, 3.63) is 11.1 Å². The summed E-state index contributed by atoms with van der Waals surface area (Å²) in [5.74, 6) is -0.379. The van der Waals surface area contributed by atoms with Gasteiger partial charge in [-0.05, 0) is 20.8 Å². The van der Waals surface area contributed by atoms with Crippen molar-refractivity contribution in [2.75, 3.05) is 18.5 Å². The molecule has 1 aromatic rings. The maximum Gasteiger partial charge on any atom is 0.317 e.